The first-order valence-corrected chi connectivity index (χ1v) is 10.5. The molecule has 0 aliphatic carbocycles. The molecule has 0 fully saturated rings. The van der Waals surface area contributed by atoms with Crippen molar-refractivity contribution < 1.29 is 28.2 Å². The van der Waals surface area contributed by atoms with Crippen LogP contribution in [0.2, 0.25) is 0 Å². The number of hydrogen-bond donors (Lipinski definition) is 1. The van der Waals surface area contributed by atoms with E-state index in [0.717, 1.165) is 5.56 Å². The second kappa shape index (κ2) is 9.24. The maximum absolute atomic E-state index is 12.9. The van der Waals surface area contributed by atoms with Gasteiger partial charge in [0.05, 0.1) is 6.26 Å². The molecule has 0 unspecified atom stereocenters. The van der Waals surface area contributed by atoms with E-state index in [-0.39, 0.29) is 24.5 Å². The van der Waals surface area contributed by atoms with Gasteiger partial charge in [0.25, 0.3) is 5.91 Å². The second-order valence-electron chi connectivity index (χ2n) is 8.61. The number of amides is 1. The molecule has 33 heavy (non-hydrogen) atoms. The highest BCUT2D eigenvalue weighted by Crippen LogP contribution is 2.33. The molecular weight excluding hydrogens is 422 g/mol. The zero-order chi connectivity index (χ0) is 23.4. The van der Waals surface area contributed by atoms with E-state index >= 15 is 0 Å². The van der Waals surface area contributed by atoms with Gasteiger partial charge in [0.1, 0.15) is 18.1 Å². The maximum atomic E-state index is 12.9. The molecule has 3 aromatic rings. The summed E-state index contributed by atoms with van der Waals surface area (Å²) in [7, 11) is 0. The summed E-state index contributed by atoms with van der Waals surface area (Å²) in [6, 6.07) is 15.9. The molecule has 1 aliphatic heterocycles. The quantitative estimate of drug-likeness (QED) is 0.431. The lowest BCUT2D eigenvalue weighted by Gasteiger charge is -2.19. The van der Waals surface area contributed by atoms with Crippen molar-refractivity contribution in [2.75, 3.05) is 6.79 Å². The molecule has 0 bridgehead atoms. The van der Waals surface area contributed by atoms with Crippen LogP contribution in [0.5, 0.6) is 11.5 Å². The van der Waals surface area contributed by atoms with Crippen LogP contribution in [0.3, 0.4) is 0 Å². The molecule has 0 atom stereocenters. The van der Waals surface area contributed by atoms with Crippen LogP contribution < -0.4 is 14.8 Å². The number of benzene rings is 2. The molecule has 2 aromatic carbocycles. The van der Waals surface area contributed by atoms with Crippen LogP contribution in [0.25, 0.3) is 6.08 Å². The van der Waals surface area contributed by atoms with Gasteiger partial charge >= 0.3 is 5.97 Å². The van der Waals surface area contributed by atoms with Crippen LogP contribution in [-0.2, 0) is 21.6 Å². The van der Waals surface area contributed by atoms with Gasteiger partial charge in [-0.05, 0) is 59.0 Å². The Morgan fingerprint density at radius 3 is 2.48 bits per heavy atom. The molecule has 1 aliphatic rings. The van der Waals surface area contributed by atoms with Crippen LogP contribution in [0.4, 0.5) is 0 Å². The van der Waals surface area contributed by atoms with Crippen LogP contribution in [0, 0.1) is 0 Å². The van der Waals surface area contributed by atoms with Crippen LogP contribution in [-0.4, -0.2) is 18.7 Å². The largest absolute Gasteiger partial charge is 0.466 e. The average Bonchev–Trinajstić information content (AvgIpc) is 3.48. The minimum Gasteiger partial charge on any atom is -0.466 e. The summed E-state index contributed by atoms with van der Waals surface area (Å²) in [6.07, 6.45) is 3.03. The third kappa shape index (κ3) is 5.44. The summed E-state index contributed by atoms with van der Waals surface area (Å²) in [5.74, 6) is 0.573. The van der Waals surface area contributed by atoms with Crippen molar-refractivity contribution in [2.45, 2.75) is 32.8 Å². The van der Waals surface area contributed by atoms with Gasteiger partial charge in [-0.25, -0.2) is 4.79 Å². The Labute approximate surface area is 192 Å². The first kappa shape index (κ1) is 22.2. The third-order valence-electron chi connectivity index (χ3n) is 5.11. The highest BCUT2D eigenvalue weighted by molar-refractivity contribution is 6.03. The Hall–Kier alpha value is -4.00. The Kier molecular flexibility index (Phi) is 6.22. The zero-order valence-electron chi connectivity index (χ0n) is 18.7. The molecule has 7 nitrogen and oxygen atoms in total. The number of furan rings is 1. The fourth-order valence-corrected chi connectivity index (χ4v) is 3.24. The van der Waals surface area contributed by atoms with Crippen LogP contribution in [0.1, 0.15) is 48.0 Å². The molecule has 0 saturated carbocycles. The van der Waals surface area contributed by atoms with Gasteiger partial charge in [-0.15, -0.1) is 0 Å². The van der Waals surface area contributed by atoms with Crippen molar-refractivity contribution in [3.63, 3.8) is 0 Å². The molecule has 0 saturated heterocycles. The highest BCUT2D eigenvalue weighted by Gasteiger charge is 2.19. The van der Waals surface area contributed by atoms with E-state index < -0.39 is 11.9 Å². The topological polar surface area (TPSA) is 87.0 Å². The lowest BCUT2D eigenvalue weighted by atomic mass is 9.87. The normalized spacial score (nSPS) is 13.0. The molecule has 0 spiro atoms. The highest BCUT2D eigenvalue weighted by atomic mass is 16.7. The van der Waals surface area contributed by atoms with Crippen molar-refractivity contribution in [1.29, 1.82) is 0 Å². The first-order valence-electron chi connectivity index (χ1n) is 10.5. The summed E-state index contributed by atoms with van der Waals surface area (Å²) >= 11 is 0. The monoisotopic (exact) mass is 447 g/mol. The predicted molar refractivity (Wildman–Crippen MR) is 122 cm³/mol. The molecule has 7 heteroatoms. The number of ether oxygens (including phenoxy) is 3. The number of nitrogens with one attached hydrogen (secondary N) is 1. The van der Waals surface area contributed by atoms with Gasteiger partial charge < -0.3 is 23.9 Å². The van der Waals surface area contributed by atoms with Gasteiger partial charge in [0.15, 0.2) is 11.5 Å². The van der Waals surface area contributed by atoms with E-state index in [0.29, 0.717) is 28.4 Å². The molecule has 0 radical (unpaired) electrons. The standard InChI is InChI=1S/C26H25NO6/c1-26(2,3)19-9-7-18(8-10-19)24(28)27-21(25(29)31-15-20-5-4-12-30-20)13-17-6-11-22-23(14-17)33-16-32-22/h4-14H,15-16H2,1-3H3,(H,27,28). The minimum absolute atomic E-state index is 0.00896. The fraction of sp³-hybridized carbons (Fsp3) is 0.231. The van der Waals surface area contributed by atoms with Crippen molar-refractivity contribution in [1.82, 2.24) is 5.32 Å². The Bertz CT molecular complexity index is 1170. The molecule has 4 rings (SSSR count). The lowest BCUT2D eigenvalue weighted by Crippen LogP contribution is -2.28. The molecule has 170 valence electrons. The van der Waals surface area contributed by atoms with Gasteiger partial charge in [0.2, 0.25) is 6.79 Å². The van der Waals surface area contributed by atoms with Crippen LogP contribution in [0.15, 0.2) is 71.0 Å². The molecule has 1 amide bonds. The van der Waals surface area contributed by atoms with Gasteiger partial charge in [-0.3, -0.25) is 4.79 Å². The predicted octanol–water partition coefficient (Wildman–Crippen LogP) is 4.82. The number of fused-ring (bicyclic) bond motifs is 1. The second-order valence-corrected chi connectivity index (χ2v) is 8.61. The van der Waals surface area contributed by atoms with Gasteiger partial charge in [-0.2, -0.15) is 0 Å². The molecule has 2 heterocycles. The summed E-state index contributed by atoms with van der Waals surface area (Å²) in [4.78, 5) is 25.7. The maximum Gasteiger partial charge on any atom is 0.355 e. The number of esters is 1. The summed E-state index contributed by atoms with van der Waals surface area (Å²) in [5, 5.41) is 2.68. The van der Waals surface area contributed by atoms with Gasteiger partial charge in [0, 0.05) is 5.56 Å². The van der Waals surface area contributed by atoms with E-state index in [1.807, 2.05) is 12.1 Å². The number of carbonyl (C=O) groups is 2. The van der Waals surface area contributed by atoms with E-state index in [1.54, 1.807) is 42.5 Å². The smallest absolute Gasteiger partial charge is 0.355 e. The Morgan fingerprint density at radius 1 is 1.03 bits per heavy atom. The summed E-state index contributed by atoms with van der Waals surface area (Å²) in [6.45, 7) is 6.39. The average molecular weight is 447 g/mol. The Morgan fingerprint density at radius 2 is 1.79 bits per heavy atom. The van der Waals surface area contributed by atoms with E-state index in [1.165, 1.54) is 12.3 Å². The summed E-state index contributed by atoms with van der Waals surface area (Å²) in [5.41, 5.74) is 2.14. The van der Waals surface area contributed by atoms with E-state index in [2.05, 4.69) is 26.1 Å². The number of hydrogen-bond acceptors (Lipinski definition) is 6. The van der Waals surface area contributed by atoms with E-state index in [4.69, 9.17) is 18.6 Å². The fourth-order valence-electron chi connectivity index (χ4n) is 3.24. The van der Waals surface area contributed by atoms with Gasteiger partial charge in [-0.1, -0.05) is 39.0 Å². The molecular formula is C26H25NO6. The third-order valence-corrected chi connectivity index (χ3v) is 5.11. The zero-order valence-corrected chi connectivity index (χ0v) is 18.7. The van der Waals surface area contributed by atoms with Crippen molar-refractivity contribution >= 4 is 18.0 Å². The van der Waals surface area contributed by atoms with E-state index in [9.17, 15) is 9.59 Å². The first-order chi connectivity index (χ1) is 15.8. The lowest BCUT2D eigenvalue weighted by molar-refractivity contribution is -0.141. The van der Waals surface area contributed by atoms with Crippen molar-refractivity contribution in [2.24, 2.45) is 0 Å². The number of rotatable bonds is 6. The van der Waals surface area contributed by atoms with Crippen molar-refractivity contribution in [3.8, 4) is 11.5 Å². The summed E-state index contributed by atoms with van der Waals surface area (Å²) < 4.78 is 21.3. The van der Waals surface area contributed by atoms with Crippen molar-refractivity contribution in [3.05, 3.63) is 89.0 Å². The molecule has 1 aromatic heterocycles. The Balaban J connectivity index is 1.56. The number of carbonyl (C=O) groups excluding carboxylic acids is 2. The molecule has 1 N–H and O–H groups in total. The SMILES string of the molecule is CC(C)(C)c1ccc(C(=O)NC(=Cc2ccc3c(c2)OCO3)C(=O)OCc2ccco2)cc1. The minimum atomic E-state index is -0.691. The van der Waals surface area contributed by atoms with Crippen LogP contribution >= 0.6 is 0 Å².